The van der Waals surface area contributed by atoms with Crippen LogP contribution in [-0.2, 0) is 17.6 Å². The lowest BCUT2D eigenvalue weighted by Crippen LogP contribution is -2.27. The molecule has 0 aliphatic carbocycles. The standard InChI is InChI=1S/C12H15N3OS/c1-14(17(16)15-10-8-13-11-15)9-7-12-5-3-2-4-6-12/h2-6,8,10-11H,7,9H2,1H3. The van der Waals surface area contributed by atoms with Gasteiger partial charge in [0.25, 0.3) is 0 Å². The second kappa shape index (κ2) is 5.75. The first-order valence-electron chi connectivity index (χ1n) is 5.43. The van der Waals surface area contributed by atoms with Gasteiger partial charge < -0.3 is 0 Å². The van der Waals surface area contributed by atoms with Crippen molar-refractivity contribution >= 4 is 11.2 Å². The number of benzene rings is 1. The number of rotatable bonds is 5. The molecule has 5 heteroatoms. The van der Waals surface area contributed by atoms with Gasteiger partial charge in [-0.05, 0) is 12.0 Å². The number of imidazole rings is 1. The van der Waals surface area contributed by atoms with Crippen molar-refractivity contribution < 1.29 is 4.21 Å². The van der Waals surface area contributed by atoms with Crippen molar-refractivity contribution in [2.75, 3.05) is 13.6 Å². The van der Waals surface area contributed by atoms with Gasteiger partial charge in [0.05, 0.1) is 0 Å². The molecule has 1 unspecified atom stereocenters. The highest BCUT2D eigenvalue weighted by Gasteiger charge is 2.08. The fraction of sp³-hybridized carbons (Fsp3) is 0.250. The van der Waals surface area contributed by atoms with E-state index in [1.165, 1.54) is 5.56 Å². The van der Waals surface area contributed by atoms with E-state index < -0.39 is 11.2 Å². The lowest BCUT2D eigenvalue weighted by molar-refractivity contribution is 0.519. The zero-order chi connectivity index (χ0) is 12.1. The molecule has 0 aliphatic heterocycles. The first-order chi connectivity index (χ1) is 8.27. The molecule has 1 aromatic heterocycles. The second-order valence-corrected chi connectivity index (χ2v) is 5.25. The Bertz CT molecular complexity index is 470. The predicted molar refractivity (Wildman–Crippen MR) is 68.5 cm³/mol. The van der Waals surface area contributed by atoms with Crippen molar-refractivity contribution in [1.82, 2.24) is 13.3 Å². The number of hydrogen-bond donors (Lipinski definition) is 0. The van der Waals surface area contributed by atoms with Crippen LogP contribution in [0.2, 0.25) is 0 Å². The fourth-order valence-corrected chi connectivity index (χ4v) is 2.37. The Hall–Kier alpha value is -1.46. The SMILES string of the molecule is CN(CCc1ccccc1)S(=O)n1ccnc1. The van der Waals surface area contributed by atoms with Gasteiger partial charge in [0.1, 0.15) is 6.33 Å². The van der Waals surface area contributed by atoms with E-state index in [2.05, 4.69) is 17.1 Å². The monoisotopic (exact) mass is 249 g/mol. The molecule has 0 spiro atoms. The molecule has 0 fully saturated rings. The van der Waals surface area contributed by atoms with Crippen LogP contribution in [0.5, 0.6) is 0 Å². The van der Waals surface area contributed by atoms with Gasteiger partial charge in [-0.15, -0.1) is 0 Å². The third kappa shape index (κ3) is 3.25. The Kier molecular flexibility index (Phi) is 4.06. The first-order valence-corrected chi connectivity index (χ1v) is 6.49. The fourth-order valence-electron chi connectivity index (χ4n) is 1.51. The molecule has 0 bridgehead atoms. The summed E-state index contributed by atoms with van der Waals surface area (Å²) in [5, 5.41) is 0. The molecular weight excluding hydrogens is 234 g/mol. The molecule has 0 saturated carbocycles. The van der Waals surface area contributed by atoms with E-state index in [0.29, 0.717) is 0 Å². The van der Waals surface area contributed by atoms with Gasteiger partial charge in [0, 0.05) is 26.0 Å². The minimum atomic E-state index is -1.18. The van der Waals surface area contributed by atoms with Crippen molar-refractivity contribution in [3.05, 3.63) is 54.6 Å². The van der Waals surface area contributed by atoms with Crippen LogP contribution in [0.4, 0.5) is 0 Å². The van der Waals surface area contributed by atoms with Crippen molar-refractivity contribution in [3.8, 4) is 0 Å². The molecule has 0 radical (unpaired) electrons. The third-order valence-corrected chi connectivity index (χ3v) is 3.78. The minimum absolute atomic E-state index is 0.745. The van der Waals surface area contributed by atoms with E-state index >= 15 is 0 Å². The number of nitrogens with zero attached hydrogens (tertiary/aromatic N) is 3. The van der Waals surface area contributed by atoms with E-state index in [0.717, 1.165) is 13.0 Å². The largest absolute Gasteiger partial charge is 0.244 e. The second-order valence-electron chi connectivity index (χ2n) is 3.74. The summed E-state index contributed by atoms with van der Waals surface area (Å²) in [5.74, 6) is 0. The minimum Gasteiger partial charge on any atom is -0.244 e. The zero-order valence-electron chi connectivity index (χ0n) is 9.69. The van der Waals surface area contributed by atoms with Crippen LogP contribution in [0.15, 0.2) is 49.1 Å². The van der Waals surface area contributed by atoms with Gasteiger partial charge in [-0.3, -0.25) is 0 Å². The third-order valence-electron chi connectivity index (χ3n) is 2.49. The first kappa shape index (κ1) is 12.0. The van der Waals surface area contributed by atoms with Crippen molar-refractivity contribution in [2.45, 2.75) is 6.42 Å². The summed E-state index contributed by atoms with van der Waals surface area (Å²) in [6.07, 6.45) is 5.78. The van der Waals surface area contributed by atoms with Crippen LogP contribution in [0.25, 0.3) is 0 Å². The van der Waals surface area contributed by atoms with Gasteiger partial charge in [-0.2, -0.15) is 0 Å². The van der Waals surface area contributed by atoms with Gasteiger partial charge in [-0.25, -0.2) is 17.5 Å². The molecule has 1 heterocycles. The average molecular weight is 249 g/mol. The van der Waals surface area contributed by atoms with Gasteiger partial charge >= 0.3 is 0 Å². The quantitative estimate of drug-likeness (QED) is 0.805. The maximum Gasteiger partial charge on any atom is 0.203 e. The molecule has 4 nitrogen and oxygen atoms in total. The van der Waals surface area contributed by atoms with Gasteiger partial charge in [0.15, 0.2) is 0 Å². The number of hydrogen-bond acceptors (Lipinski definition) is 2. The smallest absolute Gasteiger partial charge is 0.203 e. The summed E-state index contributed by atoms with van der Waals surface area (Å²) in [5.41, 5.74) is 1.25. The van der Waals surface area contributed by atoms with Crippen molar-refractivity contribution in [1.29, 1.82) is 0 Å². The summed E-state index contributed by atoms with van der Waals surface area (Å²) < 4.78 is 15.4. The molecule has 1 aromatic carbocycles. The molecule has 2 rings (SSSR count). The lowest BCUT2D eigenvalue weighted by Gasteiger charge is -2.15. The molecule has 1 atom stereocenters. The summed E-state index contributed by atoms with van der Waals surface area (Å²) in [6, 6.07) is 10.2. The van der Waals surface area contributed by atoms with E-state index in [1.54, 1.807) is 27.0 Å². The predicted octanol–water partition coefficient (Wildman–Crippen LogP) is 1.48. The van der Waals surface area contributed by atoms with Gasteiger partial charge in [-0.1, -0.05) is 30.3 Å². The molecule has 17 heavy (non-hydrogen) atoms. The molecular formula is C12H15N3OS. The van der Waals surface area contributed by atoms with Crippen LogP contribution >= 0.6 is 0 Å². The Balaban J connectivity index is 1.90. The molecule has 0 N–H and O–H groups in total. The molecule has 0 amide bonds. The molecule has 2 aromatic rings. The highest BCUT2D eigenvalue weighted by atomic mass is 32.2. The van der Waals surface area contributed by atoms with Crippen LogP contribution in [0.3, 0.4) is 0 Å². The molecule has 90 valence electrons. The molecule has 0 aliphatic rings. The van der Waals surface area contributed by atoms with Crippen molar-refractivity contribution in [2.24, 2.45) is 0 Å². The van der Waals surface area contributed by atoms with Crippen LogP contribution in [0.1, 0.15) is 5.56 Å². The maximum atomic E-state index is 12.0. The summed E-state index contributed by atoms with van der Waals surface area (Å²) in [6.45, 7) is 0.745. The summed E-state index contributed by atoms with van der Waals surface area (Å²) >= 11 is -1.18. The van der Waals surface area contributed by atoms with E-state index in [9.17, 15) is 4.21 Å². The van der Waals surface area contributed by atoms with E-state index in [1.807, 2.05) is 25.2 Å². The summed E-state index contributed by atoms with van der Waals surface area (Å²) in [4.78, 5) is 3.89. The Labute approximate surface area is 104 Å². The van der Waals surface area contributed by atoms with Gasteiger partial charge in [0.2, 0.25) is 11.2 Å². The number of aromatic nitrogens is 2. The van der Waals surface area contributed by atoms with Crippen LogP contribution < -0.4 is 0 Å². The topological polar surface area (TPSA) is 38.1 Å². The zero-order valence-corrected chi connectivity index (χ0v) is 10.5. The van der Waals surface area contributed by atoms with E-state index in [4.69, 9.17) is 0 Å². The Morgan fingerprint density at radius 3 is 2.76 bits per heavy atom. The van der Waals surface area contributed by atoms with Crippen molar-refractivity contribution in [3.63, 3.8) is 0 Å². The Morgan fingerprint density at radius 2 is 2.12 bits per heavy atom. The highest BCUT2D eigenvalue weighted by Crippen LogP contribution is 2.03. The normalized spacial score (nSPS) is 12.8. The van der Waals surface area contributed by atoms with Crippen LogP contribution in [0, 0.1) is 0 Å². The number of likely N-dealkylation sites (N-methyl/N-ethyl adjacent to an activating group) is 1. The maximum absolute atomic E-state index is 12.0. The average Bonchev–Trinajstić information content (AvgIpc) is 2.90. The molecule has 0 saturated heterocycles. The highest BCUT2D eigenvalue weighted by molar-refractivity contribution is 7.81. The summed E-state index contributed by atoms with van der Waals surface area (Å²) in [7, 11) is 1.85. The van der Waals surface area contributed by atoms with E-state index in [-0.39, 0.29) is 0 Å². The van der Waals surface area contributed by atoms with Crippen LogP contribution in [-0.4, -0.2) is 31.1 Å². The Morgan fingerprint density at radius 1 is 1.35 bits per heavy atom. The lowest BCUT2D eigenvalue weighted by atomic mass is 10.2.